The van der Waals surface area contributed by atoms with Crippen LogP contribution in [0.4, 0.5) is 0 Å². The van der Waals surface area contributed by atoms with Crippen molar-refractivity contribution in [1.82, 2.24) is 14.5 Å². The predicted molar refractivity (Wildman–Crippen MR) is 96.4 cm³/mol. The van der Waals surface area contributed by atoms with E-state index in [1.165, 1.54) is 10.9 Å². The molecule has 27 heavy (non-hydrogen) atoms. The van der Waals surface area contributed by atoms with Crippen molar-refractivity contribution in [2.75, 3.05) is 13.2 Å². The Balaban J connectivity index is 1.74. The van der Waals surface area contributed by atoms with Crippen molar-refractivity contribution in [3.8, 4) is 0 Å². The normalized spacial score (nSPS) is 16.9. The summed E-state index contributed by atoms with van der Waals surface area (Å²) >= 11 is 0. The number of furan rings is 2. The van der Waals surface area contributed by atoms with Gasteiger partial charge in [-0.15, -0.1) is 0 Å². The molecule has 1 aliphatic rings. The molecule has 0 aliphatic carbocycles. The minimum atomic E-state index is -0.310. The number of nitrogens with zero attached hydrogens (tertiary/aromatic N) is 3. The molecule has 1 amide bonds. The first-order valence-electron chi connectivity index (χ1n) is 8.92. The van der Waals surface area contributed by atoms with E-state index in [1.54, 1.807) is 31.2 Å². The minimum Gasteiger partial charge on any atom is -0.467 e. The van der Waals surface area contributed by atoms with Crippen LogP contribution >= 0.6 is 0 Å². The second-order valence-corrected chi connectivity index (χ2v) is 6.77. The van der Waals surface area contributed by atoms with Crippen LogP contribution in [-0.2, 0) is 18.3 Å². The van der Waals surface area contributed by atoms with E-state index in [2.05, 4.69) is 4.98 Å². The average molecular weight is 371 g/mol. The number of fused-ring (bicyclic) bond motifs is 1. The Kier molecular flexibility index (Phi) is 4.57. The molecule has 0 bridgehead atoms. The highest BCUT2D eigenvalue weighted by atomic mass is 16.5. The molecule has 142 valence electrons. The van der Waals surface area contributed by atoms with E-state index >= 15 is 0 Å². The third kappa shape index (κ3) is 3.28. The average Bonchev–Trinajstić information content (AvgIpc) is 3.38. The summed E-state index contributed by atoms with van der Waals surface area (Å²) < 4.78 is 18.0. The molecule has 3 aromatic heterocycles. The molecule has 8 nitrogen and oxygen atoms in total. The zero-order valence-electron chi connectivity index (χ0n) is 15.3. The number of aryl methyl sites for hydroxylation is 2. The lowest BCUT2D eigenvalue weighted by Crippen LogP contribution is -2.37. The fourth-order valence-corrected chi connectivity index (χ4v) is 3.45. The van der Waals surface area contributed by atoms with Crippen LogP contribution in [0, 0.1) is 6.92 Å². The largest absolute Gasteiger partial charge is 0.467 e. The minimum absolute atomic E-state index is 0.0247. The summed E-state index contributed by atoms with van der Waals surface area (Å²) in [6.07, 6.45) is 4.81. The van der Waals surface area contributed by atoms with E-state index in [9.17, 15) is 9.59 Å². The first-order valence-corrected chi connectivity index (χ1v) is 8.92. The summed E-state index contributed by atoms with van der Waals surface area (Å²) in [6, 6.07) is 3.60. The molecule has 1 atom stereocenters. The van der Waals surface area contributed by atoms with Crippen LogP contribution in [0.1, 0.15) is 34.7 Å². The van der Waals surface area contributed by atoms with Gasteiger partial charge < -0.3 is 23.0 Å². The molecule has 3 aromatic rings. The van der Waals surface area contributed by atoms with E-state index in [4.69, 9.17) is 13.6 Å². The summed E-state index contributed by atoms with van der Waals surface area (Å²) in [6.45, 7) is 3.09. The molecule has 0 saturated carbocycles. The molecular weight excluding hydrogens is 350 g/mol. The van der Waals surface area contributed by atoms with E-state index in [0.717, 1.165) is 12.8 Å². The molecule has 4 heterocycles. The molecule has 0 spiro atoms. The molecule has 8 heteroatoms. The predicted octanol–water partition coefficient (Wildman–Crippen LogP) is 2.25. The van der Waals surface area contributed by atoms with Gasteiger partial charge in [0.1, 0.15) is 23.2 Å². The van der Waals surface area contributed by atoms with Gasteiger partial charge in [-0.2, -0.15) is 0 Å². The van der Waals surface area contributed by atoms with E-state index in [1.807, 2.05) is 6.07 Å². The van der Waals surface area contributed by atoms with Gasteiger partial charge in [0.05, 0.1) is 24.5 Å². The van der Waals surface area contributed by atoms with Crippen LogP contribution in [0.5, 0.6) is 0 Å². The van der Waals surface area contributed by atoms with E-state index < -0.39 is 0 Å². The van der Waals surface area contributed by atoms with E-state index in [-0.39, 0.29) is 34.2 Å². The van der Waals surface area contributed by atoms with Crippen molar-refractivity contribution in [3.05, 3.63) is 52.2 Å². The number of hydrogen-bond donors (Lipinski definition) is 0. The fraction of sp³-hybridized carbons (Fsp3) is 0.421. The van der Waals surface area contributed by atoms with Crippen LogP contribution < -0.4 is 5.56 Å². The molecular formula is C19H21N3O5. The number of amides is 1. The highest BCUT2D eigenvalue weighted by Crippen LogP contribution is 2.24. The van der Waals surface area contributed by atoms with Gasteiger partial charge in [-0.1, -0.05) is 0 Å². The Morgan fingerprint density at radius 3 is 3.00 bits per heavy atom. The number of ether oxygens (including phenoxy) is 1. The van der Waals surface area contributed by atoms with Crippen LogP contribution in [0.3, 0.4) is 0 Å². The van der Waals surface area contributed by atoms with Crippen molar-refractivity contribution in [2.45, 2.75) is 32.4 Å². The molecule has 1 saturated heterocycles. The maximum Gasteiger partial charge on any atom is 0.265 e. The highest BCUT2D eigenvalue weighted by molar-refractivity contribution is 6.06. The van der Waals surface area contributed by atoms with Gasteiger partial charge in [-0.3, -0.25) is 9.59 Å². The van der Waals surface area contributed by atoms with Crippen molar-refractivity contribution < 1.29 is 18.4 Å². The Morgan fingerprint density at radius 2 is 2.30 bits per heavy atom. The first-order chi connectivity index (χ1) is 13.0. The number of carbonyl (C=O) groups excluding carboxylic acids is 1. The van der Waals surface area contributed by atoms with Gasteiger partial charge in [0.15, 0.2) is 0 Å². The quantitative estimate of drug-likeness (QED) is 0.683. The summed E-state index contributed by atoms with van der Waals surface area (Å²) in [5.74, 6) is 0.753. The molecule has 0 radical (unpaired) electrons. The smallest absolute Gasteiger partial charge is 0.265 e. The Morgan fingerprint density at radius 1 is 1.44 bits per heavy atom. The van der Waals surface area contributed by atoms with Crippen molar-refractivity contribution >= 4 is 17.0 Å². The zero-order valence-corrected chi connectivity index (χ0v) is 15.3. The zero-order chi connectivity index (χ0) is 19.0. The summed E-state index contributed by atoms with van der Waals surface area (Å²) in [7, 11) is 1.60. The monoisotopic (exact) mass is 371 g/mol. The van der Waals surface area contributed by atoms with Crippen LogP contribution in [-0.4, -0.2) is 39.6 Å². The first kappa shape index (κ1) is 17.5. The van der Waals surface area contributed by atoms with Gasteiger partial charge >= 0.3 is 0 Å². The molecule has 1 aliphatic heterocycles. The van der Waals surface area contributed by atoms with Crippen LogP contribution in [0.15, 0.2) is 38.4 Å². The molecule has 4 rings (SSSR count). The second kappa shape index (κ2) is 7.03. The SMILES string of the molecule is Cc1oc2ncn(C)c(=O)c2c1C(=O)N(Cc1ccco1)CC1CCCO1. The summed E-state index contributed by atoms with van der Waals surface area (Å²) in [5, 5.41) is 0.208. The van der Waals surface area contributed by atoms with Gasteiger partial charge in [-0.25, -0.2) is 4.98 Å². The molecule has 0 aromatic carbocycles. The lowest BCUT2D eigenvalue weighted by Gasteiger charge is -2.24. The van der Waals surface area contributed by atoms with Gasteiger partial charge in [0, 0.05) is 20.2 Å². The molecule has 0 N–H and O–H groups in total. The third-order valence-electron chi connectivity index (χ3n) is 4.82. The Labute approximate surface area is 155 Å². The van der Waals surface area contributed by atoms with Crippen molar-refractivity contribution in [1.29, 1.82) is 0 Å². The second-order valence-electron chi connectivity index (χ2n) is 6.77. The van der Waals surface area contributed by atoms with Crippen LogP contribution in [0.25, 0.3) is 11.1 Å². The van der Waals surface area contributed by atoms with Crippen molar-refractivity contribution in [3.63, 3.8) is 0 Å². The molecule has 1 unspecified atom stereocenters. The van der Waals surface area contributed by atoms with Gasteiger partial charge in [0.25, 0.3) is 11.5 Å². The Bertz CT molecular complexity index is 1010. The maximum absolute atomic E-state index is 13.4. The highest BCUT2D eigenvalue weighted by Gasteiger charge is 2.29. The number of aromatic nitrogens is 2. The lowest BCUT2D eigenvalue weighted by atomic mass is 10.1. The standard InChI is InChI=1S/C19H21N3O5/c1-12-15(16-17(27-12)20-11-21(2)18(16)23)19(24)22(9-13-5-3-7-25-13)10-14-6-4-8-26-14/h3,5,7,11,14H,4,6,8-10H2,1-2H3. The van der Waals surface area contributed by atoms with Crippen LogP contribution in [0.2, 0.25) is 0 Å². The fourth-order valence-electron chi connectivity index (χ4n) is 3.45. The maximum atomic E-state index is 13.4. The van der Waals surface area contributed by atoms with Gasteiger partial charge in [0.2, 0.25) is 5.71 Å². The third-order valence-corrected chi connectivity index (χ3v) is 4.82. The summed E-state index contributed by atoms with van der Waals surface area (Å²) in [5.41, 5.74) is 0.118. The van der Waals surface area contributed by atoms with Gasteiger partial charge in [-0.05, 0) is 31.9 Å². The van der Waals surface area contributed by atoms with Crippen molar-refractivity contribution in [2.24, 2.45) is 7.05 Å². The number of hydrogen-bond acceptors (Lipinski definition) is 6. The molecule has 1 fully saturated rings. The summed E-state index contributed by atoms with van der Waals surface area (Å²) in [4.78, 5) is 31.8. The number of rotatable bonds is 5. The topological polar surface area (TPSA) is 90.7 Å². The Hall–Kier alpha value is -2.87. The number of carbonyl (C=O) groups is 1. The lowest BCUT2D eigenvalue weighted by molar-refractivity contribution is 0.0491. The van der Waals surface area contributed by atoms with E-state index in [0.29, 0.717) is 31.2 Å².